The molecule has 1 N–H and O–H groups in total. The van der Waals surface area contributed by atoms with Crippen molar-refractivity contribution in [1.82, 2.24) is 10.3 Å². The molecule has 0 amide bonds. The van der Waals surface area contributed by atoms with Gasteiger partial charge < -0.3 is 10.2 Å². The van der Waals surface area contributed by atoms with Gasteiger partial charge in [-0.25, -0.2) is 4.98 Å². The smallest absolute Gasteiger partial charge is 0.185 e. The van der Waals surface area contributed by atoms with Gasteiger partial charge in [0.1, 0.15) is 0 Å². The number of aromatic nitrogens is 1. The van der Waals surface area contributed by atoms with E-state index in [4.69, 9.17) is 4.98 Å². The quantitative estimate of drug-likeness (QED) is 0.784. The van der Waals surface area contributed by atoms with Gasteiger partial charge in [0, 0.05) is 37.5 Å². The van der Waals surface area contributed by atoms with Gasteiger partial charge >= 0.3 is 0 Å². The Balaban J connectivity index is 1.79. The predicted molar refractivity (Wildman–Crippen MR) is 63.5 cm³/mol. The highest BCUT2D eigenvalue weighted by Gasteiger charge is 2.36. The van der Waals surface area contributed by atoms with Crippen molar-refractivity contribution in [3.63, 3.8) is 0 Å². The molecule has 1 saturated heterocycles. The molecule has 0 spiro atoms. The van der Waals surface area contributed by atoms with E-state index in [0.717, 1.165) is 32.6 Å². The minimum atomic E-state index is 0.491. The lowest BCUT2D eigenvalue weighted by Crippen LogP contribution is -2.53. The Morgan fingerprint density at radius 1 is 1.40 bits per heavy atom. The molecule has 0 unspecified atom stereocenters. The van der Waals surface area contributed by atoms with Crippen molar-refractivity contribution in [2.75, 3.05) is 24.5 Å². The maximum atomic E-state index is 4.74. The molecule has 0 saturated carbocycles. The zero-order valence-corrected chi connectivity index (χ0v) is 10.2. The minimum absolute atomic E-state index is 0.491. The second-order valence-electron chi connectivity index (χ2n) is 5.31. The van der Waals surface area contributed by atoms with Crippen LogP contribution in [0.2, 0.25) is 0 Å². The van der Waals surface area contributed by atoms with Gasteiger partial charge in [0.15, 0.2) is 5.13 Å². The van der Waals surface area contributed by atoms with Crippen LogP contribution in [-0.4, -0.2) is 24.6 Å². The van der Waals surface area contributed by atoms with Crippen LogP contribution < -0.4 is 10.2 Å². The van der Waals surface area contributed by atoms with Crippen molar-refractivity contribution in [1.29, 1.82) is 0 Å². The number of hydrogen-bond acceptors (Lipinski definition) is 4. The summed E-state index contributed by atoms with van der Waals surface area (Å²) in [5.74, 6) is 0. The van der Waals surface area contributed by atoms with E-state index in [0.29, 0.717) is 5.41 Å². The molecule has 0 aromatic carbocycles. The number of anilines is 1. The number of fused-ring (bicyclic) bond motifs is 1. The molecule has 1 aromatic heterocycles. The summed E-state index contributed by atoms with van der Waals surface area (Å²) < 4.78 is 0. The summed E-state index contributed by atoms with van der Waals surface area (Å²) in [6, 6.07) is 0. The van der Waals surface area contributed by atoms with Crippen molar-refractivity contribution in [3.05, 3.63) is 10.6 Å². The summed E-state index contributed by atoms with van der Waals surface area (Å²) in [4.78, 5) is 8.59. The molecule has 2 aliphatic heterocycles. The van der Waals surface area contributed by atoms with Crippen molar-refractivity contribution in [2.24, 2.45) is 5.41 Å². The maximum absolute atomic E-state index is 4.74. The Bertz CT molecular complexity index is 352. The van der Waals surface area contributed by atoms with Crippen LogP contribution in [0.5, 0.6) is 0 Å². The minimum Gasteiger partial charge on any atom is -0.347 e. The third kappa shape index (κ3) is 1.66. The van der Waals surface area contributed by atoms with E-state index in [1.165, 1.54) is 15.7 Å². The highest BCUT2D eigenvalue weighted by atomic mass is 32.1. The first kappa shape index (κ1) is 9.60. The molecule has 0 radical (unpaired) electrons. The molecular formula is C11H17N3S. The van der Waals surface area contributed by atoms with Gasteiger partial charge in [0.25, 0.3) is 0 Å². The summed E-state index contributed by atoms with van der Waals surface area (Å²) in [5.41, 5.74) is 1.82. The predicted octanol–water partition coefficient (Wildman–Crippen LogP) is 1.64. The number of rotatable bonds is 1. The zero-order valence-electron chi connectivity index (χ0n) is 9.34. The van der Waals surface area contributed by atoms with Gasteiger partial charge in [-0.05, 0) is 5.41 Å². The first-order chi connectivity index (χ1) is 7.14. The Morgan fingerprint density at radius 2 is 2.20 bits per heavy atom. The molecule has 82 valence electrons. The van der Waals surface area contributed by atoms with Crippen molar-refractivity contribution >= 4 is 16.5 Å². The lowest BCUT2D eigenvalue weighted by Gasteiger charge is -2.45. The average molecular weight is 223 g/mol. The standard InChI is InChI=1S/C11H17N3S/c1-11(2)6-14(7-11)10-13-8-3-4-12-5-9(8)15-10/h12H,3-7H2,1-2H3. The molecule has 3 heterocycles. The number of nitrogens with one attached hydrogen (secondary N) is 1. The van der Waals surface area contributed by atoms with Crippen LogP contribution in [0.4, 0.5) is 5.13 Å². The van der Waals surface area contributed by atoms with Crippen molar-refractivity contribution in [3.8, 4) is 0 Å². The molecule has 0 bridgehead atoms. The van der Waals surface area contributed by atoms with Gasteiger partial charge in [-0.3, -0.25) is 0 Å². The Labute approximate surface area is 94.5 Å². The first-order valence-electron chi connectivity index (χ1n) is 5.58. The molecule has 1 fully saturated rings. The summed E-state index contributed by atoms with van der Waals surface area (Å²) in [6.45, 7) is 9.06. The van der Waals surface area contributed by atoms with Crippen LogP contribution >= 0.6 is 11.3 Å². The van der Waals surface area contributed by atoms with Crippen LogP contribution in [0.25, 0.3) is 0 Å². The van der Waals surface area contributed by atoms with E-state index < -0.39 is 0 Å². The molecule has 3 nitrogen and oxygen atoms in total. The van der Waals surface area contributed by atoms with Crippen LogP contribution in [-0.2, 0) is 13.0 Å². The number of hydrogen-bond donors (Lipinski definition) is 1. The maximum Gasteiger partial charge on any atom is 0.185 e. The van der Waals surface area contributed by atoms with E-state index in [-0.39, 0.29) is 0 Å². The normalized spacial score (nSPS) is 23.5. The Morgan fingerprint density at radius 3 is 2.87 bits per heavy atom. The fourth-order valence-corrected chi connectivity index (χ4v) is 3.44. The van der Waals surface area contributed by atoms with Crippen LogP contribution in [0.1, 0.15) is 24.4 Å². The number of nitrogens with zero attached hydrogens (tertiary/aromatic N) is 2. The van der Waals surface area contributed by atoms with Crippen LogP contribution in [0.15, 0.2) is 0 Å². The van der Waals surface area contributed by atoms with Gasteiger partial charge in [-0.1, -0.05) is 13.8 Å². The zero-order chi connectivity index (χ0) is 10.5. The second kappa shape index (κ2) is 3.19. The monoisotopic (exact) mass is 223 g/mol. The fraction of sp³-hybridized carbons (Fsp3) is 0.727. The second-order valence-corrected chi connectivity index (χ2v) is 6.38. The van der Waals surface area contributed by atoms with Gasteiger partial charge in [-0.15, -0.1) is 11.3 Å². The third-order valence-electron chi connectivity index (χ3n) is 3.10. The lowest BCUT2D eigenvalue weighted by atomic mass is 9.85. The van der Waals surface area contributed by atoms with Crippen LogP contribution in [0.3, 0.4) is 0 Å². The summed E-state index contributed by atoms with van der Waals surface area (Å²) in [5, 5.41) is 4.64. The molecule has 0 aliphatic carbocycles. The Hall–Kier alpha value is -0.610. The topological polar surface area (TPSA) is 28.2 Å². The summed E-state index contributed by atoms with van der Waals surface area (Å²) in [7, 11) is 0. The van der Waals surface area contributed by atoms with E-state index >= 15 is 0 Å². The van der Waals surface area contributed by atoms with Gasteiger partial charge in [0.05, 0.1) is 5.69 Å². The SMILES string of the molecule is CC1(C)CN(c2nc3c(s2)CNCC3)C1. The van der Waals surface area contributed by atoms with E-state index in [1.54, 1.807) is 0 Å². The van der Waals surface area contributed by atoms with Gasteiger partial charge in [0.2, 0.25) is 0 Å². The summed E-state index contributed by atoms with van der Waals surface area (Å²) in [6.07, 6.45) is 1.10. The highest BCUT2D eigenvalue weighted by Crippen LogP contribution is 2.37. The highest BCUT2D eigenvalue weighted by molar-refractivity contribution is 7.15. The fourth-order valence-electron chi connectivity index (χ4n) is 2.37. The molecule has 3 rings (SSSR count). The van der Waals surface area contributed by atoms with E-state index in [2.05, 4.69) is 24.1 Å². The van der Waals surface area contributed by atoms with Crippen LogP contribution in [0, 0.1) is 5.41 Å². The molecular weight excluding hydrogens is 206 g/mol. The molecule has 1 aromatic rings. The van der Waals surface area contributed by atoms with E-state index in [1.807, 2.05) is 11.3 Å². The van der Waals surface area contributed by atoms with Crippen molar-refractivity contribution < 1.29 is 0 Å². The lowest BCUT2D eigenvalue weighted by molar-refractivity contribution is 0.276. The summed E-state index contributed by atoms with van der Waals surface area (Å²) >= 11 is 1.87. The van der Waals surface area contributed by atoms with Gasteiger partial charge in [-0.2, -0.15) is 0 Å². The molecule has 0 atom stereocenters. The first-order valence-corrected chi connectivity index (χ1v) is 6.40. The average Bonchev–Trinajstić information content (AvgIpc) is 2.56. The largest absolute Gasteiger partial charge is 0.347 e. The molecule has 15 heavy (non-hydrogen) atoms. The third-order valence-corrected chi connectivity index (χ3v) is 4.26. The van der Waals surface area contributed by atoms with Crippen molar-refractivity contribution in [2.45, 2.75) is 26.8 Å². The molecule has 2 aliphatic rings. The Kier molecular flexibility index (Phi) is 2.04. The molecule has 4 heteroatoms. The van der Waals surface area contributed by atoms with E-state index in [9.17, 15) is 0 Å². The number of thiazole rings is 1.